The third kappa shape index (κ3) is 11.2. The molecule has 0 radical (unpaired) electrons. The highest BCUT2D eigenvalue weighted by Crippen LogP contribution is 2.31. The van der Waals surface area contributed by atoms with Gasteiger partial charge in [0.2, 0.25) is 0 Å². The summed E-state index contributed by atoms with van der Waals surface area (Å²) in [5, 5.41) is 14.7. The van der Waals surface area contributed by atoms with E-state index in [1.54, 1.807) is 48.5 Å². The number of methoxy groups -OCH3 is 1. The zero-order valence-corrected chi connectivity index (χ0v) is 29.0. The Hall–Kier alpha value is -5.70. The van der Waals surface area contributed by atoms with Crippen LogP contribution in [0.15, 0.2) is 93.4 Å². The summed E-state index contributed by atoms with van der Waals surface area (Å²) in [6, 6.07) is 18.5. The number of unbranched alkanes of at least 4 members (excludes halogenated alkanes) is 6. The number of aromatic nitrogens is 2. The van der Waals surface area contributed by atoms with Crippen molar-refractivity contribution < 1.29 is 56.0 Å². The van der Waals surface area contributed by atoms with Gasteiger partial charge in [0.05, 0.1) is 30.4 Å². The molecule has 0 unspecified atom stereocenters. The van der Waals surface area contributed by atoms with Crippen LogP contribution in [0.1, 0.15) is 67.8 Å². The molecule has 0 aliphatic heterocycles. The molecule has 4 rings (SSSR count). The monoisotopic (exact) mass is 722 g/mol. The number of para-hydroxylation sites is 1. The van der Waals surface area contributed by atoms with Crippen LogP contribution in [0.25, 0.3) is 6.08 Å². The number of ether oxygens (including phenoxy) is 5. The first-order chi connectivity index (χ1) is 24.6. The summed E-state index contributed by atoms with van der Waals surface area (Å²) in [6.07, 6.45) is 8.71. The number of hydrogen-bond donors (Lipinski definition) is 0. The Balaban J connectivity index is 1.10. The molecule has 0 atom stereocenters. The van der Waals surface area contributed by atoms with Crippen molar-refractivity contribution >= 4 is 33.8 Å². The summed E-state index contributed by atoms with van der Waals surface area (Å²) in [5.74, 6) is -1.69. The van der Waals surface area contributed by atoms with Gasteiger partial charge in [0, 0.05) is 13.0 Å². The van der Waals surface area contributed by atoms with Crippen LogP contribution in [-0.4, -0.2) is 51.8 Å². The number of esters is 3. The van der Waals surface area contributed by atoms with Crippen LogP contribution >= 0.6 is 0 Å². The fourth-order valence-corrected chi connectivity index (χ4v) is 6.08. The first kappa shape index (κ1) is 38.1. The Morgan fingerprint density at radius 3 is 2.20 bits per heavy atom. The summed E-state index contributed by atoms with van der Waals surface area (Å²) < 4.78 is 56.8. The van der Waals surface area contributed by atoms with E-state index in [-0.39, 0.29) is 51.7 Å². The quantitative estimate of drug-likeness (QED) is 0.0380. The third-order valence-electron chi connectivity index (χ3n) is 7.29. The molecule has 4 aromatic rings. The van der Waals surface area contributed by atoms with Crippen LogP contribution in [0, 0.1) is 5.21 Å². The molecule has 270 valence electrons. The summed E-state index contributed by atoms with van der Waals surface area (Å²) >= 11 is 0. The maximum atomic E-state index is 12.8. The molecule has 3 aromatic carbocycles. The third-order valence-corrected chi connectivity index (χ3v) is 9.01. The van der Waals surface area contributed by atoms with Crippen molar-refractivity contribution in [1.29, 1.82) is 0 Å². The maximum absolute atomic E-state index is 12.8. The van der Waals surface area contributed by atoms with E-state index in [0.717, 1.165) is 32.1 Å². The van der Waals surface area contributed by atoms with Crippen LogP contribution in [0.2, 0.25) is 0 Å². The first-order valence-corrected chi connectivity index (χ1v) is 17.6. The van der Waals surface area contributed by atoms with Crippen molar-refractivity contribution in [1.82, 2.24) is 5.16 Å². The van der Waals surface area contributed by atoms with Crippen LogP contribution in [0.4, 0.5) is 0 Å². The molecule has 1 heterocycles. The van der Waals surface area contributed by atoms with Gasteiger partial charge in [-0.25, -0.2) is 18.0 Å². The normalized spacial score (nSPS) is 11.3. The number of sulfone groups is 1. The van der Waals surface area contributed by atoms with Gasteiger partial charge in [-0.3, -0.25) is 9.42 Å². The number of carbonyl (C=O) groups excluding carboxylic acids is 3. The SMILES string of the molecule is COc1cc(/C=C/C(=O)OCCCCCCCCCOc2no[n+]([O-])c2S(=O)(=O)c2ccccc2)ccc1OC(=O)c1ccccc1OC(C)=O. The highest BCUT2D eigenvalue weighted by atomic mass is 32.2. The number of rotatable bonds is 19. The van der Waals surface area contributed by atoms with E-state index in [1.807, 2.05) is 0 Å². The molecule has 0 amide bonds. The lowest BCUT2D eigenvalue weighted by molar-refractivity contribution is -0.832. The standard InChI is InChI=1S/C36H38N2O12S/c1-26(39)48-30-18-12-11-17-29(30)36(41)49-31-21-19-27(25-32(31)45-2)20-22-33(40)46-23-13-6-4-3-5-7-14-24-47-34-35(38(42)50-37-34)51(43,44)28-15-9-8-10-16-28/h8-12,15-22,25H,3-7,13-14,23-24H2,1-2H3/b22-20+. The van der Waals surface area contributed by atoms with Crippen LogP contribution in [0.5, 0.6) is 23.1 Å². The van der Waals surface area contributed by atoms with Gasteiger partial charge in [-0.05, 0) is 65.8 Å². The summed E-state index contributed by atoms with van der Waals surface area (Å²) in [4.78, 5) is 36.1. The predicted molar refractivity (Wildman–Crippen MR) is 181 cm³/mol. The lowest BCUT2D eigenvalue weighted by Crippen LogP contribution is -2.30. The molecule has 1 aromatic heterocycles. The molecule has 0 N–H and O–H groups in total. The lowest BCUT2D eigenvalue weighted by Gasteiger charge is -2.12. The Kier molecular flexibility index (Phi) is 14.1. The minimum atomic E-state index is -4.15. The molecule has 0 spiro atoms. The van der Waals surface area contributed by atoms with E-state index < -0.39 is 32.8 Å². The number of nitrogens with zero attached hydrogens (tertiary/aromatic N) is 2. The van der Waals surface area contributed by atoms with Gasteiger partial charge in [-0.15, -0.1) is 0 Å². The Morgan fingerprint density at radius 2 is 1.49 bits per heavy atom. The highest BCUT2D eigenvalue weighted by Gasteiger charge is 2.35. The van der Waals surface area contributed by atoms with Crippen molar-refractivity contribution in [3.63, 3.8) is 0 Å². The Morgan fingerprint density at radius 1 is 0.824 bits per heavy atom. The van der Waals surface area contributed by atoms with Crippen molar-refractivity contribution in [2.45, 2.75) is 61.8 Å². The fraction of sp³-hybridized carbons (Fsp3) is 0.306. The molecule has 0 saturated carbocycles. The minimum Gasteiger partial charge on any atom is -0.493 e. The molecule has 0 bridgehead atoms. The van der Waals surface area contributed by atoms with E-state index >= 15 is 0 Å². The van der Waals surface area contributed by atoms with Crippen molar-refractivity contribution in [2.24, 2.45) is 0 Å². The summed E-state index contributed by atoms with van der Waals surface area (Å²) in [6.45, 7) is 1.68. The van der Waals surface area contributed by atoms with Crippen molar-refractivity contribution in [3.05, 3.63) is 95.2 Å². The number of carbonyl (C=O) groups is 3. The average Bonchev–Trinajstić information content (AvgIpc) is 3.50. The average molecular weight is 723 g/mol. The van der Waals surface area contributed by atoms with Gasteiger partial charge in [0.25, 0.3) is 9.84 Å². The zero-order chi connectivity index (χ0) is 36.6. The topological polar surface area (TPSA) is 184 Å². The molecule has 0 aliphatic carbocycles. The molecule has 14 nitrogen and oxygen atoms in total. The van der Waals surface area contributed by atoms with Crippen molar-refractivity contribution in [3.8, 4) is 23.1 Å². The zero-order valence-electron chi connectivity index (χ0n) is 28.1. The Bertz CT molecular complexity index is 1920. The fourth-order valence-electron chi connectivity index (χ4n) is 4.79. The molecule has 51 heavy (non-hydrogen) atoms. The summed E-state index contributed by atoms with van der Waals surface area (Å²) in [5.41, 5.74) is 0.686. The molecular formula is C36H38N2O12S. The van der Waals surface area contributed by atoms with Crippen LogP contribution < -0.4 is 23.9 Å². The minimum absolute atomic E-state index is 0.0667. The summed E-state index contributed by atoms with van der Waals surface area (Å²) in [7, 11) is -2.74. The molecule has 0 aliphatic rings. The maximum Gasteiger partial charge on any atom is 0.414 e. The van der Waals surface area contributed by atoms with E-state index in [2.05, 4.69) is 9.79 Å². The first-order valence-electron chi connectivity index (χ1n) is 16.2. The second kappa shape index (κ2) is 18.9. The van der Waals surface area contributed by atoms with E-state index in [9.17, 15) is 28.0 Å². The molecule has 0 fully saturated rings. The van der Waals surface area contributed by atoms with E-state index in [4.69, 9.17) is 23.7 Å². The molecule has 15 heteroatoms. The molecular weight excluding hydrogens is 684 g/mol. The number of hydrogen-bond acceptors (Lipinski definition) is 13. The van der Waals surface area contributed by atoms with Gasteiger partial charge in [0.15, 0.2) is 11.5 Å². The van der Waals surface area contributed by atoms with Gasteiger partial charge in [-0.2, -0.15) is 0 Å². The van der Waals surface area contributed by atoms with Crippen molar-refractivity contribution in [2.75, 3.05) is 20.3 Å². The highest BCUT2D eigenvalue weighted by molar-refractivity contribution is 7.91. The second-order valence-electron chi connectivity index (χ2n) is 11.1. The smallest absolute Gasteiger partial charge is 0.414 e. The van der Waals surface area contributed by atoms with Gasteiger partial charge in [0.1, 0.15) is 11.3 Å². The van der Waals surface area contributed by atoms with Gasteiger partial charge in [-0.1, -0.05) is 68.5 Å². The van der Waals surface area contributed by atoms with Gasteiger partial charge < -0.3 is 28.9 Å². The van der Waals surface area contributed by atoms with Crippen LogP contribution in [0.3, 0.4) is 0 Å². The van der Waals surface area contributed by atoms with E-state index in [0.29, 0.717) is 18.4 Å². The van der Waals surface area contributed by atoms with Crippen LogP contribution in [-0.2, 0) is 24.2 Å². The predicted octanol–water partition coefficient (Wildman–Crippen LogP) is 5.66. The van der Waals surface area contributed by atoms with Gasteiger partial charge >= 0.3 is 28.8 Å². The number of benzene rings is 3. The second-order valence-corrected chi connectivity index (χ2v) is 12.9. The largest absolute Gasteiger partial charge is 0.493 e. The van der Waals surface area contributed by atoms with E-state index in [1.165, 1.54) is 50.4 Å². The lowest BCUT2D eigenvalue weighted by atomic mass is 10.1. The molecule has 0 saturated heterocycles. The Labute approximate surface area is 295 Å².